The molecule has 0 unspecified atom stereocenters. The smallest absolute Gasteiger partial charge is 0.347 e. The third-order valence-corrected chi connectivity index (χ3v) is 3.92. The van der Waals surface area contributed by atoms with Gasteiger partial charge in [-0.05, 0) is 18.6 Å². The molecule has 0 radical (unpaired) electrons. The van der Waals surface area contributed by atoms with E-state index in [2.05, 4.69) is 4.98 Å². The van der Waals surface area contributed by atoms with Gasteiger partial charge in [-0.3, -0.25) is 4.79 Å². The first-order valence-corrected chi connectivity index (χ1v) is 7.46. The van der Waals surface area contributed by atoms with Crippen LogP contribution in [0.4, 0.5) is 0 Å². The number of hydrogen-bond donors (Lipinski definition) is 0. The van der Waals surface area contributed by atoms with E-state index in [9.17, 15) is 9.59 Å². The van der Waals surface area contributed by atoms with Crippen molar-refractivity contribution in [1.82, 2.24) is 4.98 Å². The summed E-state index contributed by atoms with van der Waals surface area (Å²) in [5, 5.41) is 0.326. The fourth-order valence-electron chi connectivity index (χ4n) is 2.67. The van der Waals surface area contributed by atoms with Gasteiger partial charge in [0, 0.05) is 23.3 Å². The summed E-state index contributed by atoms with van der Waals surface area (Å²) in [4.78, 5) is 27.8. The number of hydrogen-bond acceptors (Lipinski definition) is 6. The molecule has 0 fully saturated rings. The lowest BCUT2D eigenvalue weighted by molar-refractivity contribution is 0.112. The van der Waals surface area contributed by atoms with Crippen LogP contribution < -0.4 is 15.1 Å². The zero-order valence-electron chi connectivity index (χ0n) is 12.9. The Labute approximate surface area is 136 Å². The van der Waals surface area contributed by atoms with Gasteiger partial charge in [-0.1, -0.05) is 12.1 Å². The molecule has 0 saturated heterocycles. The van der Waals surface area contributed by atoms with Crippen molar-refractivity contribution < 1.29 is 18.7 Å². The first-order chi connectivity index (χ1) is 11.7. The maximum absolute atomic E-state index is 12.4. The largest absolute Gasteiger partial charge is 0.486 e. The number of benzene rings is 2. The summed E-state index contributed by atoms with van der Waals surface area (Å²) in [6, 6.07) is 8.39. The standard InChI is InChI=1S/C18H13NO5/c1-10-2-3-11(9-20)6-12(10)17-19-14-8-16-15(22-4-5-23-16)7-13(14)18(21)24-17/h2-3,6-9H,4-5H2,1H3. The Bertz CT molecular complexity index is 1020. The zero-order valence-corrected chi connectivity index (χ0v) is 12.9. The Morgan fingerprint density at radius 2 is 1.83 bits per heavy atom. The third kappa shape index (κ3) is 2.32. The number of aldehydes is 1. The minimum atomic E-state index is -0.511. The molecule has 0 bridgehead atoms. The second kappa shape index (κ2) is 5.49. The van der Waals surface area contributed by atoms with E-state index in [1.54, 1.807) is 30.3 Å². The van der Waals surface area contributed by atoms with Crippen LogP contribution in [0.2, 0.25) is 0 Å². The van der Waals surface area contributed by atoms with E-state index in [4.69, 9.17) is 13.9 Å². The van der Waals surface area contributed by atoms with Crippen LogP contribution in [0.15, 0.2) is 39.5 Å². The van der Waals surface area contributed by atoms with Gasteiger partial charge in [-0.15, -0.1) is 0 Å². The van der Waals surface area contributed by atoms with Crippen LogP contribution in [0.1, 0.15) is 15.9 Å². The van der Waals surface area contributed by atoms with E-state index in [1.807, 2.05) is 6.92 Å². The molecule has 2 aromatic carbocycles. The Morgan fingerprint density at radius 3 is 2.58 bits per heavy atom. The molecule has 24 heavy (non-hydrogen) atoms. The predicted molar refractivity (Wildman–Crippen MR) is 86.8 cm³/mol. The van der Waals surface area contributed by atoms with Gasteiger partial charge in [0.1, 0.15) is 19.5 Å². The average molecular weight is 323 g/mol. The van der Waals surface area contributed by atoms with Crippen LogP contribution in [-0.2, 0) is 0 Å². The summed E-state index contributed by atoms with van der Waals surface area (Å²) >= 11 is 0. The molecular weight excluding hydrogens is 310 g/mol. The minimum Gasteiger partial charge on any atom is -0.486 e. The second-order valence-corrected chi connectivity index (χ2v) is 5.51. The molecule has 1 aromatic heterocycles. The van der Waals surface area contributed by atoms with Crippen LogP contribution in [0.5, 0.6) is 11.5 Å². The first-order valence-electron chi connectivity index (χ1n) is 7.46. The topological polar surface area (TPSA) is 78.6 Å². The summed E-state index contributed by atoms with van der Waals surface area (Å²) in [6.45, 7) is 2.75. The number of aromatic nitrogens is 1. The summed E-state index contributed by atoms with van der Waals surface area (Å²) in [5.41, 5.74) is 1.90. The molecule has 6 nitrogen and oxygen atoms in total. The van der Waals surface area contributed by atoms with Crippen LogP contribution in [0, 0.1) is 6.92 Å². The first kappa shape index (κ1) is 14.4. The monoisotopic (exact) mass is 323 g/mol. The second-order valence-electron chi connectivity index (χ2n) is 5.51. The Kier molecular flexibility index (Phi) is 3.30. The number of nitrogens with zero attached hydrogens (tertiary/aromatic N) is 1. The van der Waals surface area contributed by atoms with Crippen molar-refractivity contribution >= 4 is 17.2 Å². The van der Waals surface area contributed by atoms with Gasteiger partial charge < -0.3 is 13.9 Å². The molecule has 3 aromatic rings. The maximum Gasteiger partial charge on any atom is 0.347 e. The van der Waals surface area contributed by atoms with Gasteiger partial charge in [-0.2, -0.15) is 0 Å². The molecule has 0 aliphatic carbocycles. The Balaban J connectivity index is 1.95. The van der Waals surface area contributed by atoms with E-state index in [1.165, 1.54) is 0 Å². The molecule has 4 rings (SSSR count). The Hall–Kier alpha value is -3.15. The molecule has 0 spiro atoms. The van der Waals surface area contributed by atoms with Crippen LogP contribution in [0.25, 0.3) is 22.4 Å². The molecule has 120 valence electrons. The van der Waals surface area contributed by atoms with Crippen molar-refractivity contribution in [1.29, 1.82) is 0 Å². The molecule has 2 heterocycles. The molecule has 0 saturated carbocycles. The predicted octanol–water partition coefficient (Wildman–Crippen LogP) is 2.75. The SMILES string of the molecule is Cc1ccc(C=O)cc1-c1nc2cc3c(cc2c(=O)o1)OCCO3. The highest BCUT2D eigenvalue weighted by molar-refractivity contribution is 5.84. The van der Waals surface area contributed by atoms with Crippen LogP contribution >= 0.6 is 0 Å². The number of rotatable bonds is 2. The van der Waals surface area contributed by atoms with Gasteiger partial charge in [0.2, 0.25) is 5.89 Å². The van der Waals surface area contributed by atoms with E-state index in [0.29, 0.717) is 46.7 Å². The Morgan fingerprint density at radius 1 is 1.08 bits per heavy atom. The van der Waals surface area contributed by atoms with Crippen molar-refractivity contribution in [3.63, 3.8) is 0 Å². The van der Waals surface area contributed by atoms with Gasteiger partial charge in [0.15, 0.2) is 11.5 Å². The fraction of sp³-hybridized carbons (Fsp3) is 0.167. The zero-order chi connectivity index (χ0) is 16.7. The minimum absolute atomic E-state index is 0.172. The van der Waals surface area contributed by atoms with Crippen molar-refractivity contribution in [2.24, 2.45) is 0 Å². The summed E-state index contributed by atoms with van der Waals surface area (Å²) in [6.07, 6.45) is 0.740. The number of carbonyl (C=O) groups is 1. The van der Waals surface area contributed by atoms with Crippen molar-refractivity contribution in [2.45, 2.75) is 6.92 Å². The van der Waals surface area contributed by atoms with E-state index < -0.39 is 5.63 Å². The van der Waals surface area contributed by atoms with Crippen LogP contribution in [0.3, 0.4) is 0 Å². The van der Waals surface area contributed by atoms with E-state index in [0.717, 1.165) is 11.8 Å². The average Bonchev–Trinajstić information content (AvgIpc) is 2.60. The van der Waals surface area contributed by atoms with Gasteiger partial charge in [0.05, 0.1) is 10.9 Å². The van der Waals surface area contributed by atoms with E-state index in [-0.39, 0.29) is 5.89 Å². The summed E-state index contributed by atoms with van der Waals surface area (Å²) in [7, 11) is 0. The molecule has 0 N–H and O–H groups in total. The van der Waals surface area contributed by atoms with Crippen LogP contribution in [-0.4, -0.2) is 24.5 Å². The molecule has 1 aliphatic rings. The van der Waals surface area contributed by atoms with Crippen molar-refractivity contribution in [3.05, 3.63) is 51.9 Å². The summed E-state index contributed by atoms with van der Waals surface area (Å²) < 4.78 is 16.4. The van der Waals surface area contributed by atoms with Crippen molar-refractivity contribution in [2.75, 3.05) is 13.2 Å². The number of fused-ring (bicyclic) bond motifs is 2. The molecular formula is C18H13NO5. The molecule has 0 amide bonds. The third-order valence-electron chi connectivity index (χ3n) is 3.92. The van der Waals surface area contributed by atoms with Crippen molar-refractivity contribution in [3.8, 4) is 23.0 Å². The number of ether oxygens (including phenoxy) is 2. The normalized spacial score (nSPS) is 13.0. The highest BCUT2D eigenvalue weighted by atomic mass is 16.6. The molecule has 6 heteroatoms. The lowest BCUT2D eigenvalue weighted by Gasteiger charge is -2.18. The fourth-order valence-corrected chi connectivity index (χ4v) is 2.67. The lowest BCUT2D eigenvalue weighted by atomic mass is 10.1. The van der Waals surface area contributed by atoms with Gasteiger partial charge >= 0.3 is 5.63 Å². The van der Waals surface area contributed by atoms with Gasteiger partial charge in [0.25, 0.3) is 0 Å². The summed E-state index contributed by atoms with van der Waals surface area (Å²) in [5.74, 6) is 1.23. The highest BCUT2D eigenvalue weighted by Crippen LogP contribution is 2.33. The molecule has 0 atom stereocenters. The van der Waals surface area contributed by atoms with E-state index >= 15 is 0 Å². The number of carbonyl (C=O) groups excluding carboxylic acids is 1. The maximum atomic E-state index is 12.4. The highest BCUT2D eigenvalue weighted by Gasteiger charge is 2.17. The molecule has 1 aliphatic heterocycles. The lowest BCUT2D eigenvalue weighted by Crippen LogP contribution is -2.16. The van der Waals surface area contributed by atoms with Gasteiger partial charge in [-0.25, -0.2) is 9.78 Å². The quantitative estimate of drug-likeness (QED) is 0.675. The number of aryl methyl sites for hydroxylation is 1.